The van der Waals surface area contributed by atoms with Crippen molar-refractivity contribution in [3.05, 3.63) is 0 Å². The third-order valence-corrected chi connectivity index (χ3v) is 4.55. The zero-order valence-electron chi connectivity index (χ0n) is 15.2. The fourth-order valence-electron chi connectivity index (χ4n) is 3.17. The third-order valence-electron chi connectivity index (χ3n) is 4.55. The summed E-state index contributed by atoms with van der Waals surface area (Å²) in [5, 5.41) is 0. The molecule has 2 amide bonds. The Kier molecular flexibility index (Phi) is 5.55. The van der Waals surface area contributed by atoms with E-state index >= 15 is 0 Å². The van der Waals surface area contributed by atoms with E-state index in [1.807, 2.05) is 25.7 Å². The van der Waals surface area contributed by atoms with Gasteiger partial charge < -0.3 is 14.5 Å². The van der Waals surface area contributed by atoms with Crippen molar-refractivity contribution in [1.29, 1.82) is 0 Å². The highest BCUT2D eigenvalue weighted by Gasteiger charge is 2.36. The summed E-state index contributed by atoms with van der Waals surface area (Å²) in [6.07, 6.45) is 0.431. The highest BCUT2D eigenvalue weighted by molar-refractivity contribution is 5.81. The maximum atomic E-state index is 12.7. The van der Waals surface area contributed by atoms with Gasteiger partial charge in [0.05, 0.1) is 5.92 Å². The Morgan fingerprint density at radius 3 is 2.13 bits per heavy atom. The quantitative estimate of drug-likeness (QED) is 0.777. The summed E-state index contributed by atoms with van der Waals surface area (Å²) in [5.74, 6) is 0.118. The van der Waals surface area contributed by atoms with E-state index in [2.05, 4.69) is 18.7 Å². The van der Waals surface area contributed by atoms with Crippen LogP contribution in [0.3, 0.4) is 0 Å². The number of piperazine rings is 1. The first kappa shape index (κ1) is 18.0. The summed E-state index contributed by atoms with van der Waals surface area (Å²) in [6.45, 7) is 14.5. The molecule has 132 valence electrons. The summed E-state index contributed by atoms with van der Waals surface area (Å²) in [4.78, 5) is 30.8. The van der Waals surface area contributed by atoms with Gasteiger partial charge in [-0.1, -0.05) is 0 Å². The van der Waals surface area contributed by atoms with E-state index in [1.165, 1.54) is 0 Å². The van der Waals surface area contributed by atoms with E-state index in [0.29, 0.717) is 19.1 Å². The molecule has 1 atom stereocenters. The smallest absolute Gasteiger partial charge is 0.410 e. The molecule has 0 aromatic rings. The Hall–Kier alpha value is -1.30. The van der Waals surface area contributed by atoms with Crippen LogP contribution in [0.5, 0.6) is 0 Å². The van der Waals surface area contributed by atoms with Crippen LogP contribution in [0.15, 0.2) is 0 Å². The molecule has 0 aromatic heterocycles. The summed E-state index contributed by atoms with van der Waals surface area (Å²) in [6, 6.07) is 0.529. The van der Waals surface area contributed by atoms with Crippen LogP contribution < -0.4 is 0 Å². The maximum Gasteiger partial charge on any atom is 0.410 e. The standard InChI is InChI=1S/C17H31N3O3/c1-13(2)18-8-10-19(11-9-18)15(21)14-6-7-20(12-14)16(22)23-17(3,4)5/h13-14H,6-12H2,1-5H3/t14-/m0/s1. The first-order valence-corrected chi connectivity index (χ1v) is 8.68. The number of nitrogens with zero attached hydrogens (tertiary/aromatic N) is 3. The van der Waals surface area contributed by atoms with Gasteiger partial charge in [0.1, 0.15) is 5.60 Å². The normalized spacial score (nSPS) is 23.5. The van der Waals surface area contributed by atoms with E-state index in [9.17, 15) is 9.59 Å². The fourth-order valence-corrected chi connectivity index (χ4v) is 3.17. The van der Waals surface area contributed by atoms with Gasteiger partial charge in [0, 0.05) is 45.3 Å². The number of carbonyl (C=O) groups excluding carboxylic acids is 2. The van der Waals surface area contributed by atoms with E-state index in [1.54, 1.807) is 4.90 Å². The van der Waals surface area contributed by atoms with E-state index in [4.69, 9.17) is 4.74 Å². The molecule has 0 aromatic carbocycles. The number of carbonyl (C=O) groups is 2. The molecule has 0 unspecified atom stereocenters. The zero-order chi connectivity index (χ0) is 17.2. The topological polar surface area (TPSA) is 53.1 Å². The number of hydrogen-bond donors (Lipinski definition) is 0. The lowest BCUT2D eigenvalue weighted by molar-refractivity contribution is -0.137. The second-order valence-electron chi connectivity index (χ2n) is 7.87. The number of hydrogen-bond acceptors (Lipinski definition) is 4. The minimum Gasteiger partial charge on any atom is -0.444 e. The number of rotatable bonds is 2. The molecule has 0 N–H and O–H groups in total. The second kappa shape index (κ2) is 7.07. The first-order chi connectivity index (χ1) is 10.7. The van der Waals surface area contributed by atoms with Gasteiger partial charge in [-0.25, -0.2) is 4.79 Å². The van der Waals surface area contributed by atoms with Gasteiger partial charge in [-0.15, -0.1) is 0 Å². The van der Waals surface area contributed by atoms with Crippen molar-refractivity contribution in [3.63, 3.8) is 0 Å². The minimum absolute atomic E-state index is 0.0758. The van der Waals surface area contributed by atoms with Crippen LogP contribution in [0, 0.1) is 5.92 Å². The molecule has 2 fully saturated rings. The van der Waals surface area contributed by atoms with Crippen molar-refractivity contribution < 1.29 is 14.3 Å². The zero-order valence-corrected chi connectivity index (χ0v) is 15.2. The van der Waals surface area contributed by atoms with Gasteiger partial charge in [0.2, 0.25) is 5.91 Å². The summed E-state index contributed by atoms with van der Waals surface area (Å²) < 4.78 is 5.39. The molecule has 2 saturated heterocycles. The fraction of sp³-hybridized carbons (Fsp3) is 0.882. The monoisotopic (exact) mass is 325 g/mol. The lowest BCUT2D eigenvalue weighted by atomic mass is 10.1. The Morgan fingerprint density at radius 2 is 1.61 bits per heavy atom. The average Bonchev–Trinajstić information content (AvgIpc) is 2.94. The van der Waals surface area contributed by atoms with Crippen molar-refractivity contribution >= 4 is 12.0 Å². The van der Waals surface area contributed by atoms with Crippen molar-refractivity contribution in [3.8, 4) is 0 Å². The molecule has 6 heteroatoms. The van der Waals surface area contributed by atoms with Crippen molar-refractivity contribution in [2.75, 3.05) is 39.3 Å². The lowest BCUT2D eigenvalue weighted by Crippen LogP contribution is -2.52. The molecule has 0 saturated carbocycles. The molecule has 2 rings (SSSR count). The molecule has 2 aliphatic heterocycles. The Morgan fingerprint density at radius 1 is 1.00 bits per heavy atom. The Balaban J connectivity index is 1.82. The van der Waals surface area contributed by atoms with Crippen LogP contribution >= 0.6 is 0 Å². The van der Waals surface area contributed by atoms with Gasteiger partial charge in [0.15, 0.2) is 0 Å². The Labute approximate surface area is 139 Å². The molecular formula is C17H31N3O3. The number of amides is 2. The highest BCUT2D eigenvalue weighted by Crippen LogP contribution is 2.22. The van der Waals surface area contributed by atoms with Gasteiger partial charge in [0.25, 0.3) is 0 Å². The van der Waals surface area contributed by atoms with Crippen LogP contribution in [0.4, 0.5) is 4.79 Å². The van der Waals surface area contributed by atoms with E-state index in [0.717, 1.165) is 32.6 Å². The molecule has 0 spiro atoms. The molecule has 0 aliphatic carbocycles. The Bertz CT molecular complexity index is 437. The minimum atomic E-state index is -0.494. The van der Waals surface area contributed by atoms with Crippen molar-refractivity contribution in [1.82, 2.24) is 14.7 Å². The van der Waals surface area contributed by atoms with Gasteiger partial charge in [-0.05, 0) is 41.0 Å². The van der Waals surface area contributed by atoms with E-state index < -0.39 is 5.60 Å². The highest BCUT2D eigenvalue weighted by atomic mass is 16.6. The van der Waals surface area contributed by atoms with Crippen LogP contribution in [0.2, 0.25) is 0 Å². The van der Waals surface area contributed by atoms with Gasteiger partial charge in [-0.3, -0.25) is 9.69 Å². The first-order valence-electron chi connectivity index (χ1n) is 8.68. The molecule has 0 bridgehead atoms. The predicted octanol–water partition coefficient (Wildman–Crippen LogP) is 1.80. The summed E-state index contributed by atoms with van der Waals surface area (Å²) in [7, 11) is 0. The van der Waals surface area contributed by atoms with Crippen molar-refractivity contribution in [2.45, 2.75) is 52.7 Å². The molecular weight excluding hydrogens is 294 g/mol. The molecule has 6 nitrogen and oxygen atoms in total. The lowest BCUT2D eigenvalue weighted by Gasteiger charge is -2.37. The van der Waals surface area contributed by atoms with Crippen molar-refractivity contribution in [2.24, 2.45) is 5.92 Å². The molecule has 23 heavy (non-hydrogen) atoms. The molecule has 2 aliphatic rings. The van der Waals surface area contributed by atoms with E-state index in [-0.39, 0.29) is 17.9 Å². The van der Waals surface area contributed by atoms with Gasteiger partial charge in [-0.2, -0.15) is 0 Å². The second-order valence-corrected chi connectivity index (χ2v) is 7.87. The SMILES string of the molecule is CC(C)N1CCN(C(=O)[C@H]2CCN(C(=O)OC(C)(C)C)C2)CC1. The largest absolute Gasteiger partial charge is 0.444 e. The van der Waals surface area contributed by atoms with Crippen LogP contribution in [-0.4, -0.2) is 77.6 Å². The van der Waals surface area contributed by atoms with Crippen LogP contribution in [-0.2, 0) is 9.53 Å². The summed E-state index contributed by atoms with van der Waals surface area (Å²) in [5.41, 5.74) is -0.494. The van der Waals surface area contributed by atoms with Crippen LogP contribution in [0.25, 0.3) is 0 Å². The third kappa shape index (κ3) is 4.83. The average molecular weight is 325 g/mol. The molecule has 0 radical (unpaired) electrons. The predicted molar refractivity (Wildman–Crippen MR) is 89.2 cm³/mol. The molecule has 2 heterocycles. The van der Waals surface area contributed by atoms with Crippen LogP contribution in [0.1, 0.15) is 41.0 Å². The summed E-state index contributed by atoms with van der Waals surface area (Å²) >= 11 is 0. The number of ether oxygens (including phenoxy) is 1. The number of likely N-dealkylation sites (tertiary alicyclic amines) is 1. The van der Waals surface area contributed by atoms with Gasteiger partial charge >= 0.3 is 6.09 Å². The maximum absolute atomic E-state index is 12.7.